The number of likely N-dealkylation sites (N-methyl/N-ethyl adjacent to an activating group) is 1. The molecule has 3 nitrogen and oxygen atoms in total. The topological polar surface area (TPSA) is 46.3 Å². The third-order valence-corrected chi connectivity index (χ3v) is 2.31. The molecule has 11 heavy (non-hydrogen) atoms. The molecule has 1 amide bonds. The lowest BCUT2D eigenvalue weighted by atomic mass is 10.0. The first-order valence-electron chi connectivity index (χ1n) is 4.12. The molecule has 1 aliphatic rings. The Hall–Kier alpha value is -0.570. The van der Waals surface area contributed by atoms with E-state index in [4.69, 9.17) is 5.73 Å². The number of nitrogens with zero attached hydrogens (tertiary/aromatic N) is 1. The van der Waals surface area contributed by atoms with E-state index in [0.717, 1.165) is 19.4 Å². The van der Waals surface area contributed by atoms with E-state index in [-0.39, 0.29) is 11.9 Å². The van der Waals surface area contributed by atoms with Crippen molar-refractivity contribution < 1.29 is 4.79 Å². The zero-order valence-corrected chi connectivity index (χ0v) is 7.21. The number of nitrogens with two attached hydrogens (primary N) is 1. The van der Waals surface area contributed by atoms with Crippen LogP contribution in [0.4, 0.5) is 0 Å². The van der Waals surface area contributed by atoms with E-state index in [0.29, 0.717) is 5.92 Å². The Balaban J connectivity index is 2.61. The maximum Gasteiger partial charge on any atom is 0.239 e. The van der Waals surface area contributed by atoms with Gasteiger partial charge >= 0.3 is 0 Å². The van der Waals surface area contributed by atoms with Crippen molar-refractivity contribution >= 4 is 5.91 Å². The van der Waals surface area contributed by atoms with Crippen LogP contribution >= 0.6 is 0 Å². The smallest absolute Gasteiger partial charge is 0.239 e. The summed E-state index contributed by atoms with van der Waals surface area (Å²) in [6.45, 7) is 3.00. The molecule has 3 heteroatoms. The first-order chi connectivity index (χ1) is 5.11. The van der Waals surface area contributed by atoms with Gasteiger partial charge in [0.05, 0.1) is 6.04 Å². The van der Waals surface area contributed by atoms with E-state index in [1.807, 2.05) is 7.05 Å². The fourth-order valence-corrected chi connectivity index (χ4v) is 1.46. The largest absolute Gasteiger partial charge is 0.344 e. The van der Waals surface area contributed by atoms with Crippen molar-refractivity contribution in [1.29, 1.82) is 0 Å². The van der Waals surface area contributed by atoms with Gasteiger partial charge in [0.2, 0.25) is 5.91 Å². The van der Waals surface area contributed by atoms with Crippen molar-refractivity contribution in [1.82, 2.24) is 4.90 Å². The van der Waals surface area contributed by atoms with Gasteiger partial charge in [-0.15, -0.1) is 0 Å². The number of carbonyl (C=O) groups excluding carboxylic acids is 1. The predicted octanol–water partition coefficient (Wildman–Crippen LogP) is 0.202. The van der Waals surface area contributed by atoms with E-state index >= 15 is 0 Å². The number of amides is 1. The molecule has 2 N–H and O–H groups in total. The van der Waals surface area contributed by atoms with Gasteiger partial charge in [-0.3, -0.25) is 4.79 Å². The number of hydrogen-bond acceptors (Lipinski definition) is 2. The third-order valence-electron chi connectivity index (χ3n) is 2.31. The van der Waals surface area contributed by atoms with Crippen LogP contribution in [0.3, 0.4) is 0 Å². The lowest BCUT2D eigenvalue weighted by molar-refractivity contribution is -0.130. The highest BCUT2D eigenvalue weighted by Crippen LogP contribution is 2.15. The Morgan fingerprint density at radius 3 is 2.91 bits per heavy atom. The Morgan fingerprint density at radius 1 is 1.64 bits per heavy atom. The molecule has 0 aromatic carbocycles. The van der Waals surface area contributed by atoms with Crippen molar-refractivity contribution in [2.24, 2.45) is 11.7 Å². The summed E-state index contributed by atoms with van der Waals surface area (Å²) in [6, 6.07) is -0.266. The minimum atomic E-state index is -0.266. The molecule has 64 valence electrons. The van der Waals surface area contributed by atoms with Gasteiger partial charge in [-0.05, 0) is 18.8 Å². The van der Waals surface area contributed by atoms with Gasteiger partial charge in [0.15, 0.2) is 0 Å². The van der Waals surface area contributed by atoms with Crippen LogP contribution in [0.15, 0.2) is 0 Å². The monoisotopic (exact) mass is 156 g/mol. The molecule has 1 fully saturated rings. The molecule has 2 atom stereocenters. The summed E-state index contributed by atoms with van der Waals surface area (Å²) in [7, 11) is 1.82. The summed E-state index contributed by atoms with van der Waals surface area (Å²) < 4.78 is 0. The zero-order valence-electron chi connectivity index (χ0n) is 7.21. The summed E-state index contributed by atoms with van der Waals surface area (Å²) in [4.78, 5) is 13.0. The van der Waals surface area contributed by atoms with Gasteiger partial charge in [0, 0.05) is 13.6 Å². The average molecular weight is 156 g/mol. The predicted molar refractivity (Wildman–Crippen MR) is 44.0 cm³/mol. The van der Waals surface area contributed by atoms with E-state index in [1.165, 1.54) is 0 Å². The SMILES string of the molecule is CC1CCN(C)C(=O)C(N)C1. The van der Waals surface area contributed by atoms with Crippen molar-refractivity contribution in [3.8, 4) is 0 Å². The minimum absolute atomic E-state index is 0.0920. The maximum absolute atomic E-state index is 11.3. The Kier molecular flexibility index (Phi) is 2.49. The highest BCUT2D eigenvalue weighted by molar-refractivity contribution is 5.81. The van der Waals surface area contributed by atoms with Gasteiger partial charge in [0.25, 0.3) is 0 Å². The number of likely N-dealkylation sites (tertiary alicyclic amines) is 1. The van der Waals surface area contributed by atoms with Crippen LogP contribution < -0.4 is 5.73 Å². The van der Waals surface area contributed by atoms with E-state index in [9.17, 15) is 4.79 Å². The fourth-order valence-electron chi connectivity index (χ4n) is 1.46. The second-order valence-electron chi connectivity index (χ2n) is 3.50. The first kappa shape index (κ1) is 8.53. The van der Waals surface area contributed by atoms with Crippen molar-refractivity contribution in [3.63, 3.8) is 0 Å². The molecule has 0 aromatic rings. The molecule has 1 saturated heterocycles. The van der Waals surface area contributed by atoms with Crippen LogP contribution in [0, 0.1) is 5.92 Å². The number of carbonyl (C=O) groups is 1. The number of rotatable bonds is 0. The Morgan fingerprint density at radius 2 is 2.27 bits per heavy atom. The van der Waals surface area contributed by atoms with Crippen LogP contribution in [-0.4, -0.2) is 30.4 Å². The van der Waals surface area contributed by atoms with Crippen molar-refractivity contribution in [2.75, 3.05) is 13.6 Å². The first-order valence-corrected chi connectivity index (χ1v) is 4.12. The Labute approximate surface area is 67.5 Å². The summed E-state index contributed by atoms with van der Waals surface area (Å²) >= 11 is 0. The highest BCUT2D eigenvalue weighted by Gasteiger charge is 2.24. The molecule has 0 aromatic heterocycles. The van der Waals surface area contributed by atoms with E-state index in [2.05, 4.69) is 6.92 Å². The van der Waals surface area contributed by atoms with Crippen LogP contribution in [-0.2, 0) is 4.79 Å². The zero-order chi connectivity index (χ0) is 8.43. The van der Waals surface area contributed by atoms with Crippen molar-refractivity contribution in [2.45, 2.75) is 25.8 Å². The minimum Gasteiger partial charge on any atom is -0.344 e. The second kappa shape index (κ2) is 3.22. The highest BCUT2D eigenvalue weighted by atomic mass is 16.2. The molecule has 0 radical (unpaired) electrons. The molecule has 1 heterocycles. The summed E-state index contributed by atoms with van der Waals surface area (Å²) in [5.41, 5.74) is 5.67. The third kappa shape index (κ3) is 1.93. The molecule has 1 rings (SSSR count). The van der Waals surface area contributed by atoms with Gasteiger partial charge < -0.3 is 10.6 Å². The maximum atomic E-state index is 11.3. The van der Waals surface area contributed by atoms with Gasteiger partial charge in [0.1, 0.15) is 0 Å². The van der Waals surface area contributed by atoms with Gasteiger partial charge in [-0.1, -0.05) is 6.92 Å². The van der Waals surface area contributed by atoms with Crippen LogP contribution in [0.2, 0.25) is 0 Å². The molecule has 0 bridgehead atoms. The molecule has 1 aliphatic heterocycles. The quantitative estimate of drug-likeness (QED) is 0.544. The normalized spacial score (nSPS) is 33.7. The summed E-state index contributed by atoms with van der Waals surface area (Å²) in [5, 5.41) is 0. The van der Waals surface area contributed by atoms with Crippen LogP contribution in [0.25, 0.3) is 0 Å². The standard InChI is InChI=1S/C8H16N2O/c1-6-3-4-10(2)8(11)7(9)5-6/h6-7H,3-5,9H2,1-2H3. The van der Waals surface area contributed by atoms with E-state index < -0.39 is 0 Å². The average Bonchev–Trinajstić information content (AvgIpc) is 2.05. The van der Waals surface area contributed by atoms with Crippen LogP contribution in [0.1, 0.15) is 19.8 Å². The molecule has 0 spiro atoms. The second-order valence-corrected chi connectivity index (χ2v) is 3.50. The molecular formula is C8H16N2O. The van der Waals surface area contributed by atoms with E-state index in [1.54, 1.807) is 4.90 Å². The summed E-state index contributed by atoms with van der Waals surface area (Å²) in [6.07, 6.45) is 1.92. The van der Waals surface area contributed by atoms with Crippen molar-refractivity contribution in [3.05, 3.63) is 0 Å². The molecule has 2 unspecified atom stereocenters. The molecular weight excluding hydrogens is 140 g/mol. The number of hydrogen-bond donors (Lipinski definition) is 1. The molecule has 0 aliphatic carbocycles. The van der Waals surface area contributed by atoms with Gasteiger partial charge in [-0.25, -0.2) is 0 Å². The Bertz CT molecular complexity index is 158. The van der Waals surface area contributed by atoms with Gasteiger partial charge in [-0.2, -0.15) is 0 Å². The van der Waals surface area contributed by atoms with Crippen LogP contribution in [0.5, 0.6) is 0 Å². The lowest BCUT2D eigenvalue weighted by Crippen LogP contribution is -2.40. The molecule has 0 saturated carbocycles. The fraction of sp³-hybridized carbons (Fsp3) is 0.875. The summed E-state index contributed by atoms with van der Waals surface area (Å²) in [5.74, 6) is 0.674. The lowest BCUT2D eigenvalue weighted by Gasteiger charge is -2.15.